The van der Waals surface area contributed by atoms with Gasteiger partial charge in [-0.2, -0.15) is 10.4 Å². The van der Waals surface area contributed by atoms with E-state index in [4.69, 9.17) is 9.47 Å². The Labute approximate surface area is 225 Å². The van der Waals surface area contributed by atoms with Gasteiger partial charge in [0, 0.05) is 18.4 Å². The molecule has 3 aromatic rings. The first kappa shape index (κ1) is 26.7. The highest BCUT2D eigenvalue weighted by Crippen LogP contribution is 2.39. The highest BCUT2D eigenvalue weighted by atomic mass is 16.6. The largest absolute Gasteiger partial charge is 0.463 e. The maximum absolute atomic E-state index is 12.7. The fraction of sp³-hybridized carbons (Fsp3) is 0.464. The van der Waals surface area contributed by atoms with Crippen LogP contribution in [-0.4, -0.2) is 61.6 Å². The van der Waals surface area contributed by atoms with Crippen LogP contribution in [0.1, 0.15) is 61.0 Å². The zero-order valence-electron chi connectivity index (χ0n) is 21.4. The number of rotatable bonds is 7. The second-order valence-electron chi connectivity index (χ2n) is 10.2. The van der Waals surface area contributed by atoms with Gasteiger partial charge in [-0.05, 0) is 43.0 Å². The Balaban J connectivity index is 1.35. The van der Waals surface area contributed by atoms with Crippen molar-refractivity contribution in [1.29, 1.82) is 5.26 Å². The van der Waals surface area contributed by atoms with E-state index in [0.717, 1.165) is 25.7 Å². The van der Waals surface area contributed by atoms with Gasteiger partial charge in [0.25, 0.3) is 5.91 Å². The molecule has 5 rings (SSSR count). The number of esters is 1. The molecule has 1 saturated heterocycles. The van der Waals surface area contributed by atoms with Gasteiger partial charge in [-0.25, -0.2) is 9.50 Å². The molecule has 0 unspecified atom stereocenters. The van der Waals surface area contributed by atoms with Gasteiger partial charge in [0.2, 0.25) is 0 Å². The summed E-state index contributed by atoms with van der Waals surface area (Å²) in [6, 6.07) is 14.0. The number of nitriles is 1. The monoisotopic (exact) mass is 533 g/mol. The van der Waals surface area contributed by atoms with Gasteiger partial charge in [0.15, 0.2) is 11.4 Å². The molecule has 3 N–H and O–H groups in total. The van der Waals surface area contributed by atoms with E-state index in [-0.39, 0.29) is 42.3 Å². The molecule has 0 spiro atoms. The van der Waals surface area contributed by atoms with Crippen LogP contribution in [0.3, 0.4) is 0 Å². The van der Waals surface area contributed by atoms with E-state index < -0.39 is 23.9 Å². The zero-order valence-corrected chi connectivity index (χ0v) is 21.4. The number of aliphatic hydroxyl groups is 2. The van der Waals surface area contributed by atoms with Crippen LogP contribution >= 0.6 is 0 Å². The molecular weight excluding hydrogens is 502 g/mol. The summed E-state index contributed by atoms with van der Waals surface area (Å²) in [6.45, 7) is -0.302. The van der Waals surface area contributed by atoms with Crippen molar-refractivity contribution >= 4 is 23.2 Å². The van der Waals surface area contributed by atoms with E-state index in [1.165, 1.54) is 17.3 Å². The molecule has 2 aliphatic rings. The molecule has 11 heteroatoms. The van der Waals surface area contributed by atoms with Crippen LogP contribution in [0.2, 0.25) is 0 Å². The summed E-state index contributed by atoms with van der Waals surface area (Å²) in [7, 11) is 0. The van der Waals surface area contributed by atoms with Crippen molar-refractivity contribution in [2.75, 3.05) is 11.9 Å². The first-order chi connectivity index (χ1) is 18.9. The Morgan fingerprint density at radius 2 is 1.92 bits per heavy atom. The van der Waals surface area contributed by atoms with Gasteiger partial charge in [0.1, 0.15) is 36.7 Å². The summed E-state index contributed by atoms with van der Waals surface area (Å²) < 4.78 is 12.9. The lowest BCUT2D eigenvalue weighted by Gasteiger charge is -2.41. The number of hydrogen-bond donors (Lipinski definition) is 3. The minimum atomic E-state index is -1.71. The van der Waals surface area contributed by atoms with Crippen molar-refractivity contribution in [1.82, 2.24) is 14.6 Å². The van der Waals surface area contributed by atoms with Crippen LogP contribution in [0.25, 0.3) is 5.52 Å². The maximum Gasteiger partial charge on any atom is 0.306 e. The van der Waals surface area contributed by atoms with Gasteiger partial charge in [-0.3, -0.25) is 9.59 Å². The van der Waals surface area contributed by atoms with Crippen molar-refractivity contribution in [3.05, 3.63) is 60.0 Å². The third-order valence-electron chi connectivity index (χ3n) is 7.53. The smallest absolute Gasteiger partial charge is 0.306 e. The van der Waals surface area contributed by atoms with Crippen LogP contribution in [0.15, 0.2) is 48.8 Å². The number of nitrogens with zero attached hydrogens (tertiary/aromatic N) is 4. The number of benzene rings is 1. The van der Waals surface area contributed by atoms with Gasteiger partial charge < -0.3 is 25.0 Å². The predicted molar refractivity (Wildman–Crippen MR) is 138 cm³/mol. The Kier molecular flexibility index (Phi) is 7.88. The number of fused-ring (bicyclic) bond motifs is 1. The third kappa shape index (κ3) is 5.63. The van der Waals surface area contributed by atoms with Crippen LogP contribution in [-0.2, 0) is 19.9 Å². The van der Waals surface area contributed by atoms with Crippen molar-refractivity contribution in [2.24, 2.45) is 5.92 Å². The number of carbonyl (C=O) groups excluding carboxylic acids is 2. The van der Waals surface area contributed by atoms with Crippen molar-refractivity contribution in [3.63, 3.8) is 0 Å². The summed E-state index contributed by atoms with van der Waals surface area (Å²) in [5.41, 5.74) is -0.572. The molecule has 2 fully saturated rings. The highest BCUT2D eigenvalue weighted by molar-refractivity contribution is 6.05. The van der Waals surface area contributed by atoms with E-state index in [2.05, 4.69) is 21.5 Å². The molecule has 204 valence electrons. The minimum Gasteiger partial charge on any atom is -0.463 e. The van der Waals surface area contributed by atoms with Crippen molar-refractivity contribution in [3.8, 4) is 6.07 Å². The Morgan fingerprint density at radius 3 is 2.67 bits per heavy atom. The summed E-state index contributed by atoms with van der Waals surface area (Å²) in [4.78, 5) is 29.3. The molecular formula is C28H31N5O6. The van der Waals surface area contributed by atoms with E-state index in [0.29, 0.717) is 17.5 Å². The molecule has 11 nitrogen and oxygen atoms in total. The summed E-state index contributed by atoms with van der Waals surface area (Å²) in [6.07, 6.45) is 2.87. The molecule has 1 saturated carbocycles. The van der Waals surface area contributed by atoms with E-state index in [9.17, 15) is 25.1 Å². The average Bonchev–Trinajstić information content (AvgIpc) is 3.41. The summed E-state index contributed by atoms with van der Waals surface area (Å²) >= 11 is 0. The second-order valence-corrected chi connectivity index (χ2v) is 10.2. The molecule has 2 aromatic heterocycles. The van der Waals surface area contributed by atoms with E-state index in [1.807, 2.05) is 0 Å². The Bertz CT molecular complexity index is 1370. The molecule has 1 aliphatic carbocycles. The molecule has 1 aliphatic heterocycles. The molecule has 3 heterocycles. The number of carbonyl (C=O) groups is 2. The van der Waals surface area contributed by atoms with Crippen LogP contribution < -0.4 is 5.32 Å². The lowest BCUT2D eigenvalue weighted by molar-refractivity contribution is -0.215. The van der Waals surface area contributed by atoms with E-state index >= 15 is 0 Å². The number of aliphatic hydroxyl groups excluding tert-OH is 2. The fourth-order valence-corrected chi connectivity index (χ4v) is 5.43. The molecule has 4 atom stereocenters. The Hall–Kier alpha value is -3.85. The van der Waals surface area contributed by atoms with Crippen LogP contribution in [0.5, 0.6) is 0 Å². The number of ether oxygens (including phenoxy) is 2. The predicted octanol–water partition coefficient (Wildman–Crippen LogP) is 2.72. The summed E-state index contributed by atoms with van der Waals surface area (Å²) in [5, 5.41) is 38.6. The van der Waals surface area contributed by atoms with E-state index in [1.54, 1.807) is 42.5 Å². The van der Waals surface area contributed by atoms with Crippen molar-refractivity contribution < 1.29 is 29.3 Å². The lowest BCUT2D eigenvalue weighted by Crippen LogP contribution is -2.54. The molecule has 0 bridgehead atoms. The SMILES string of the molecule is N#C[C@]1(c2ccc3c(NC(=O)c4ccccc4)ncnn23)C[C@H](O)[C@H](O)[C@@H](COC(=O)CC2CCCCC2)O1. The first-order valence-corrected chi connectivity index (χ1v) is 13.2. The van der Waals surface area contributed by atoms with Gasteiger partial charge >= 0.3 is 5.97 Å². The zero-order chi connectivity index (χ0) is 27.4. The third-order valence-corrected chi connectivity index (χ3v) is 7.53. The summed E-state index contributed by atoms with van der Waals surface area (Å²) in [5.74, 6) is -0.241. The van der Waals surface area contributed by atoms with Gasteiger partial charge in [0.05, 0.1) is 11.8 Å². The van der Waals surface area contributed by atoms with Crippen LogP contribution in [0.4, 0.5) is 5.82 Å². The normalized spacial score (nSPS) is 25.6. The second kappa shape index (κ2) is 11.5. The van der Waals surface area contributed by atoms with Crippen LogP contribution in [0, 0.1) is 17.2 Å². The minimum absolute atomic E-state index is 0.225. The van der Waals surface area contributed by atoms with Gasteiger partial charge in [-0.15, -0.1) is 0 Å². The molecule has 1 aromatic carbocycles. The topological polar surface area (TPSA) is 159 Å². The molecule has 39 heavy (non-hydrogen) atoms. The first-order valence-electron chi connectivity index (χ1n) is 13.2. The lowest BCUT2D eigenvalue weighted by atomic mass is 9.86. The van der Waals surface area contributed by atoms with Gasteiger partial charge in [-0.1, -0.05) is 37.5 Å². The number of anilines is 1. The number of aromatic nitrogens is 3. The van der Waals surface area contributed by atoms with Crippen molar-refractivity contribution in [2.45, 2.75) is 68.9 Å². The quantitative estimate of drug-likeness (QED) is 0.388. The number of nitrogens with one attached hydrogen (secondary N) is 1. The molecule has 0 radical (unpaired) electrons. The number of hydrogen-bond acceptors (Lipinski definition) is 9. The Morgan fingerprint density at radius 1 is 1.15 bits per heavy atom. The fourth-order valence-electron chi connectivity index (χ4n) is 5.43. The molecule has 1 amide bonds. The number of amides is 1. The maximum atomic E-state index is 12.7. The average molecular weight is 534 g/mol. The standard InChI is InChI=1S/C28H31N5O6/c29-16-28(14-21(34)25(36)22(39-28)15-38-24(35)13-18-7-3-1-4-8-18)23-12-11-20-26(30-17-31-33(20)23)32-27(37)19-9-5-2-6-10-19/h2,5-6,9-12,17-18,21-22,25,34,36H,1,3-4,7-8,13-15H2,(H,30,31,32,37)/t21-,22+,25-,28-/m0/s1. The highest BCUT2D eigenvalue weighted by Gasteiger charge is 2.50.